The van der Waals surface area contributed by atoms with Crippen LogP contribution in [0.15, 0.2) is 35.5 Å². The monoisotopic (exact) mass is 562 g/mol. The summed E-state index contributed by atoms with van der Waals surface area (Å²) in [5, 5.41) is 15.9. The third-order valence-corrected chi connectivity index (χ3v) is 8.50. The molecule has 0 aliphatic carbocycles. The lowest BCUT2D eigenvalue weighted by molar-refractivity contribution is -0.147. The summed E-state index contributed by atoms with van der Waals surface area (Å²) in [5.41, 5.74) is 1.45. The number of aliphatic carboxylic acids is 1. The van der Waals surface area contributed by atoms with Crippen LogP contribution in [0.1, 0.15) is 44.6 Å². The Balaban J connectivity index is 1.54. The molecule has 214 valence electrons. The summed E-state index contributed by atoms with van der Waals surface area (Å²) in [5.74, 6) is -0.821. The molecule has 1 aromatic heterocycles. The van der Waals surface area contributed by atoms with Gasteiger partial charge in [0, 0.05) is 38.6 Å². The molecule has 2 aliphatic rings. The first kappa shape index (κ1) is 28.8. The molecule has 1 fully saturated rings. The third kappa shape index (κ3) is 7.93. The van der Waals surface area contributed by atoms with Gasteiger partial charge < -0.3 is 30.4 Å². The van der Waals surface area contributed by atoms with E-state index in [0.29, 0.717) is 50.1 Å². The average molecular weight is 563 g/mol. The third-order valence-electron chi connectivity index (χ3n) is 6.99. The smallest absolute Gasteiger partial charge is 0.323 e. The quantitative estimate of drug-likeness (QED) is 0.230. The minimum atomic E-state index is -4.12. The fraction of sp³-hybridized carbons (Fsp3) is 0.577. The molecular formula is C26H38N6O6S. The molecule has 39 heavy (non-hydrogen) atoms. The summed E-state index contributed by atoms with van der Waals surface area (Å²) in [6, 6.07) is 3.97. The van der Waals surface area contributed by atoms with Crippen LogP contribution in [-0.2, 0) is 30.8 Å². The molecule has 1 amide bonds. The number of carboxylic acids is 1. The summed E-state index contributed by atoms with van der Waals surface area (Å²) in [6.45, 7) is 3.28. The number of hydrogen-bond donors (Lipinski definition) is 5. The normalized spacial score (nSPS) is 19.9. The second-order valence-electron chi connectivity index (χ2n) is 10.3. The van der Waals surface area contributed by atoms with Crippen molar-refractivity contribution < 1.29 is 27.9 Å². The molecule has 2 aromatic rings. The van der Waals surface area contributed by atoms with Crippen LogP contribution in [0, 0.1) is 5.92 Å². The van der Waals surface area contributed by atoms with Gasteiger partial charge in [0.25, 0.3) is 0 Å². The van der Waals surface area contributed by atoms with E-state index in [2.05, 4.69) is 32.2 Å². The van der Waals surface area contributed by atoms with E-state index in [9.17, 15) is 23.1 Å². The van der Waals surface area contributed by atoms with Crippen molar-refractivity contribution in [3.63, 3.8) is 0 Å². The Hall–Kier alpha value is -3.16. The zero-order valence-electron chi connectivity index (χ0n) is 22.2. The van der Waals surface area contributed by atoms with Crippen molar-refractivity contribution in [3.05, 3.63) is 36.2 Å². The number of para-hydroxylation sites is 1. The Morgan fingerprint density at radius 1 is 1.31 bits per heavy atom. The number of ether oxygens (including phenoxy) is 1. The molecular weight excluding hydrogens is 524 g/mol. The number of fused-ring (bicyclic) bond motifs is 1. The number of carboxylic acid groups (broad SMARTS) is 1. The number of benzene rings is 1. The Labute approximate surface area is 229 Å². The number of anilines is 2. The average Bonchev–Trinajstić information content (AvgIpc) is 3.43. The lowest BCUT2D eigenvalue weighted by Crippen LogP contribution is -2.52. The number of rotatable bonds is 13. The number of aromatic amines is 1. The van der Waals surface area contributed by atoms with Crippen LogP contribution in [-0.4, -0.2) is 85.2 Å². The Morgan fingerprint density at radius 3 is 2.87 bits per heavy atom. The van der Waals surface area contributed by atoms with Gasteiger partial charge in [-0.2, -0.15) is 4.72 Å². The standard InChI is InChI=1S/C26H38N6O6S/c1-18-14-19-6-4-9-22(24(19)30-15-18)39(36,37)31-21(8-5-10-27-26-28-11-12-29-26)25(35)32(17-23(33)34)16-20-7-2-3-13-38-20/h4,6,9,11-12,18,20-21,30-31H,2-3,5,7-8,10,13-17H2,1H3,(H,33,34)(H2,27,28,29)/t18?,20?,21-/m0/s1. The lowest BCUT2D eigenvalue weighted by Gasteiger charge is -2.32. The van der Waals surface area contributed by atoms with Gasteiger partial charge in [0.1, 0.15) is 17.5 Å². The highest BCUT2D eigenvalue weighted by Gasteiger charge is 2.33. The van der Waals surface area contributed by atoms with Gasteiger partial charge in [-0.3, -0.25) is 9.59 Å². The van der Waals surface area contributed by atoms with E-state index in [1.165, 1.54) is 11.0 Å². The largest absolute Gasteiger partial charge is 0.480 e. The summed E-state index contributed by atoms with van der Waals surface area (Å²) >= 11 is 0. The van der Waals surface area contributed by atoms with Crippen molar-refractivity contribution in [2.24, 2.45) is 5.92 Å². The number of sulfonamides is 1. The van der Waals surface area contributed by atoms with Crippen molar-refractivity contribution >= 4 is 33.5 Å². The van der Waals surface area contributed by atoms with E-state index in [0.717, 1.165) is 24.8 Å². The second kappa shape index (κ2) is 13.3. The highest BCUT2D eigenvalue weighted by Crippen LogP contribution is 2.31. The highest BCUT2D eigenvalue weighted by atomic mass is 32.2. The number of amides is 1. The van der Waals surface area contributed by atoms with Crippen LogP contribution in [0.5, 0.6) is 0 Å². The highest BCUT2D eigenvalue weighted by molar-refractivity contribution is 7.89. The van der Waals surface area contributed by atoms with Gasteiger partial charge in [-0.15, -0.1) is 0 Å². The Kier molecular flexibility index (Phi) is 9.81. The molecule has 1 saturated heterocycles. The van der Waals surface area contributed by atoms with Gasteiger partial charge in [-0.1, -0.05) is 19.1 Å². The van der Waals surface area contributed by atoms with Gasteiger partial charge >= 0.3 is 5.97 Å². The first-order valence-corrected chi connectivity index (χ1v) is 14.9. The molecule has 5 N–H and O–H groups in total. The second-order valence-corrected chi connectivity index (χ2v) is 11.9. The Bertz CT molecular complexity index is 1220. The van der Waals surface area contributed by atoms with Gasteiger partial charge in [0.15, 0.2) is 5.95 Å². The molecule has 0 radical (unpaired) electrons. The molecule has 2 aliphatic heterocycles. The van der Waals surface area contributed by atoms with Crippen LogP contribution < -0.4 is 15.4 Å². The van der Waals surface area contributed by atoms with Crippen LogP contribution in [0.25, 0.3) is 0 Å². The van der Waals surface area contributed by atoms with Crippen molar-refractivity contribution in [1.29, 1.82) is 0 Å². The molecule has 1 aromatic carbocycles. The number of nitrogens with zero attached hydrogens (tertiary/aromatic N) is 2. The zero-order valence-corrected chi connectivity index (χ0v) is 23.0. The number of nitrogens with one attached hydrogen (secondary N) is 4. The zero-order chi connectivity index (χ0) is 27.8. The summed E-state index contributed by atoms with van der Waals surface area (Å²) in [7, 11) is -4.12. The van der Waals surface area contributed by atoms with Gasteiger partial charge in [0.2, 0.25) is 15.9 Å². The summed E-state index contributed by atoms with van der Waals surface area (Å²) in [4.78, 5) is 33.7. The number of carbonyl (C=O) groups is 2. The topological polar surface area (TPSA) is 166 Å². The molecule has 12 nitrogen and oxygen atoms in total. The maximum atomic E-state index is 13.7. The fourth-order valence-electron chi connectivity index (χ4n) is 5.07. The van der Waals surface area contributed by atoms with Crippen molar-refractivity contribution in [2.45, 2.75) is 62.5 Å². The van der Waals surface area contributed by atoms with Crippen molar-refractivity contribution in [3.8, 4) is 0 Å². The van der Waals surface area contributed by atoms with Crippen molar-refractivity contribution in [2.75, 3.05) is 43.4 Å². The predicted molar refractivity (Wildman–Crippen MR) is 146 cm³/mol. The van der Waals surface area contributed by atoms with Crippen LogP contribution in [0.2, 0.25) is 0 Å². The van der Waals surface area contributed by atoms with E-state index in [1.807, 2.05) is 6.07 Å². The lowest BCUT2D eigenvalue weighted by atomic mass is 9.96. The minimum absolute atomic E-state index is 0.0822. The van der Waals surface area contributed by atoms with E-state index in [-0.39, 0.29) is 24.0 Å². The molecule has 3 atom stereocenters. The maximum Gasteiger partial charge on any atom is 0.323 e. The number of aromatic nitrogens is 2. The van der Waals surface area contributed by atoms with Crippen LogP contribution in [0.4, 0.5) is 11.6 Å². The van der Waals surface area contributed by atoms with Gasteiger partial charge in [-0.05, 0) is 56.1 Å². The SMILES string of the molecule is CC1CNc2c(cccc2S(=O)(=O)N[C@@H](CCCNc2ncc[nH]2)C(=O)N(CC(=O)O)CC2CCCCO2)C1. The summed E-state index contributed by atoms with van der Waals surface area (Å²) < 4.78 is 35.7. The predicted octanol–water partition coefficient (Wildman–Crippen LogP) is 2.04. The Morgan fingerprint density at radius 2 is 2.15 bits per heavy atom. The summed E-state index contributed by atoms with van der Waals surface area (Å²) in [6.07, 6.45) is 6.91. The number of carbonyl (C=O) groups excluding carboxylic acids is 1. The van der Waals surface area contributed by atoms with E-state index < -0.39 is 34.5 Å². The molecule has 4 rings (SSSR count). The van der Waals surface area contributed by atoms with E-state index in [1.54, 1.807) is 18.5 Å². The van der Waals surface area contributed by atoms with Crippen molar-refractivity contribution in [1.82, 2.24) is 19.6 Å². The number of H-pyrrole nitrogens is 1. The molecule has 2 unspecified atom stereocenters. The van der Waals surface area contributed by atoms with Crippen LogP contribution in [0.3, 0.4) is 0 Å². The maximum absolute atomic E-state index is 13.7. The first-order chi connectivity index (χ1) is 18.7. The van der Waals surface area contributed by atoms with Crippen LogP contribution >= 0.6 is 0 Å². The first-order valence-electron chi connectivity index (χ1n) is 13.5. The number of imidazole rings is 1. The van der Waals surface area contributed by atoms with Gasteiger partial charge in [-0.25, -0.2) is 13.4 Å². The molecule has 13 heteroatoms. The minimum Gasteiger partial charge on any atom is -0.480 e. The molecule has 0 spiro atoms. The number of hydrogen-bond acceptors (Lipinski definition) is 8. The molecule has 3 heterocycles. The molecule has 0 bridgehead atoms. The van der Waals surface area contributed by atoms with E-state index in [4.69, 9.17) is 4.74 Å². The molecule has 0 saturated carbocycles. The fourth-order valence-corrected chi connectivity index (χ4v) is 6.52. The van der Waals surface area contributed by atoms with Gasteiger partial charge in [0.05, 0.1) is 11.8 Å². The van der Waals surface area contributed by atoms with E-state index >= 15 is 0 Å².